The van der Waals surface area contributed by atoms with Crippen molar-refractivity contribution in [2.24, 2.45) is 41.4 Å². The van der Waals surface area contributed by atoms with E-state index < -0.39 is 0 Å². The Kier molecular flexibility index (Phi) is 3.25. The minimum atomic E-state index is 0.881. The Labute approximate surface area is 122 Å². The molecule has 0 N–H and O–H groups in total. The van der Waals surface area contributed by atoms with Gasteiger partial charge in [0.2, 0.25) is 0 Å². The number of thioether (sulfide) groups is 1. The molecule has 0 nitrogen and oxygen atoms in total. The molecule has 4 bridgehead atoms. The molecule has 1 heteroatoms. The van der Waals surface area contributed by atoms with E-state index in [4.69, 9.17) is 0 Å². The second-order valence-electron chi connectivity index (χ2n) is 7.61. The Morgan fingerprint density at radius 1 is 1.05 bits per heavy atom. The number of unbranched alkanes of at least 4 members (excludes halogenated alkanes) is 1. The predicted molar refractivity (Wildman–Crippen MR) is 84.2 cm³/mol. The van der Waals surface area contributed by atoms with E-state index in [0.717, 1.165) is 46.7 Å². The number of rotatable bonds is 5. The molecule has 19 heavy (non-hydrogen) atoms. The normalized spacial score (nSPS) is 53.7. The van der Waals surface area contributed by atoms with Crippen molar-refractivity contribution in [3.63, 3.8) is 0 Å². The minimum Gasteiger partial charge on any atom is -0.158 e. The monoisotopic (exact) mass is 276 g/mol. The molecule has 106 valence electrons. The third-order valence-corrected chi connectivity index (χ3v) is 8.44. The maximum atomic E-state index is 4.11. The summed E-state index contributed by atoms with van der Waals surface area (Å²) in [6.45, 7) is 6.43. The minimum absolute atomic E-state index is 0.881. The molecular formula is C18H28S. The Bertz CT molecular complexity index is 363. The largest absolute Gasteiger partial charge is 0.158 e. The number of hydrogen-bond donors (Lipinski definition) is 0. The van der Waals surface area contributed by atoms with E-state index in [-0.39, 0.29) is 0 Å². The van der Waals surface area contributed by atoms with Gasteiger partial charge in [-0.3, -0.25) is 0 Å². The van der Waals surface area contributed by atoms with E-state index in [9.17, 15) is 0 Å². The molecular weight excluding hydrogens is 248 g/mol. The van der Waals surface area contributed by atoms with Crippen LogP contribution in [0.5, 0.6) is 0 Å². The van der Waals surface area contributed by atoms with Crippen LogP contribution in [0.3, 0.4) is 0 Å². The Balaban J connectivity index is 1.47. The molecule has 0 aliphatic heterocycles. The van der Waals surface area contributed by atoms with Crippen molar-refractivity contribution in [1.82, 2.24) is 0 Å². The Morgan fingerprint density at radius 2 is 1.84 bits per heavy atom. The first-order valence-corrected chi connectivity index (χ1v) is 9.62. The zero-order chi connectivity index (χ0) is 13.0. The summed E-state index contributed by atoms with van der Waals surface area (Å²) < 4.78 is 0. The molecule has 0 aromatic carbocycles. The van der Waals surface area contributed by atoms with Gasteiger partial charge in [-0.15, -0.1) is 6.58 Å². The summed E-state index contributed by atoms with van der Waals surface area (Å²) in [6.07, 6.45) is 11.3. The van der Waals surface area contributed by atoms with Crippen LogP contribution < -0.4 is 0 Å². The van der Waals surface area contributed by atoms with Gasteiger partial charge in [-0.2, -0.15) is 11.8 Å². The first kappa shape index (κ1) is 12.8. The highest BCUT2D eigenvalue weighted by atomic mass is 32.2. The molecule has 4 saturated carbocycles. The summed E-state index contributed by atoms with van der Waals surface area (Å²) >= 11 is 2.33. The molecule has 0 aromatic heterocycles. The van der Waals surface area contributed by atoms with Crippen LogP contribution in [0, 0.1) is 41.4 Å². The van der Waals surface area contributed by atoms with Gasteiger partial charge in [-0.1, -0.05) is 19.4 Å². The van der Waals surface area contributed by atoms with Crippen molar-refractivity contribution in [1.29, 1.82) is 0 Å². The SMILES string of the molecule is C=C[C@H]1CC2CC1C1C2[C@@H]2C[C@H](SCCCC)[C@H]1C2. The van der Waals surface area contributed by atoms with E-state index in [2.05, 4.69) is 31.3 Å². The van der Waals surface area contributed by atoms with Gasteiger partial charge in [-0.05, 0) is 79.3 Å². The van der Waals surface area contributed by atoms with Crippen molar-refractivity contribution in [3.05, 3.63) is 12.7 Å². The van der Waals surface area contributed by atoms with Gasteiger partial charge in [0, 0.05) is 5.25 Å². The highest BCUT2D eigenvalue weighted by Gasteiger charge is 2.63. The van der Waals surface area contributed by atoms with Gasteiger partial charge in [0.1, 0.15) is 0 Å². The summed E-state index contributed by atoms with van der Waals surface area (Å²) in [6, 6.07) is 0. The van der Waals surface area contributed by atoms with Crippen LogP contribution in [0.2, 0.25) is 0 Å². The summed E-state index contributed by atoms with van der Waals surface area (Å²) in [5.41, 5.74) is 0. The molecule has 0 aromatic rings. The second-order valence-corrected chi connectivity index (χ2v) is 8.95. The molecule has 4 fully saturated rings. The zero-order valence-corrected chi connectivity index (χ0v) is 13.1. The number of allylic oxidation sites excluding steroid dienone is 1. The van der Waals surface area contributed by atoms with Crippen LogP contribution >= 0.6 is 11.8 Å². The maximum absolute atomic E-state index is 4.11. The summed E-state index contributed by atoms with van der Waals surface area (Å²) in [5.74, 6) is 8.90. The Morgan fingerprint density at radius 3 is 2.63 bits per heavy atom. The van der Waals surface area contributed by atoms with Crippen molar-refractivity contribution in [2.45, 2.75) is 50.7 Å². The van der Waals surface area contributed by atoms with E-state index in [1.807, 2.05) is 0 Å². The molecule has 0 heterocycles. The second kappa shape index (κ2) is 4.83. The molecule has 8 atom stereocenters. The molecule has 4 aliphatic rings. The van der Waals surface area contributed by atoms with Crippen LogP contribution in [0.25, 0.3) is 0 Å². The quantitative estimate of drug-likeness (QED) is 0.387. The molecule has 4 rings (SSSR count). The first-order valence-electron chi connectivity index (χ1n) is 8.57. The lowest BCUT2D eigenvalue weighted by molar-refractivity contribution is 0.125. The van der Waals surface area contributed by atoms with E-state index in [1.165, 1.54) is 25.0 Å². The number of fused-ring (bicyclic) bond motifs is 9. The van der Waals surface area contributed by atoms with Gasteiger partial charge >= 0.3 is 0 Å². The Hall–Kier alpha value is 0.0900. The zero-order valence-electron chi connectivity index (χ0n) is 12.3. The van der Waals surface area contributed by atoms with Gasteiger partial charge < -0.3 is 0 Å². The third-order valence-electron chi connectivity index (χ3n) is 6.94. The summed E-state index contributed by atoms with van der Waals surface area (Å²) in [5, 5.41) is 1.03. The molecule has 0 amide bonds. The van der Waals surface area contributed by atoms with Crippen LogP contribution in [0.15, 0.2) is 12.7 Å². The van der Waals surface area contributed by atoms with Crippen molar-refractivity contribution < 1.29 is 0 Å². The topological polar surface area (TPSA) is 0 Å². The van der Waals surface area contributed by atoms with Crippen LogP contribution in [0.1, 0.15) is 45.4 Å². The fourth-order valence-electron chi connectivity index (χ4n) is 6.44. The van der Waals surface area contributed by atoms with E-state index in [1.54, 1.807) is 19.3 Å². The maximum Gasteiger partial charge on any atom is 0.00810 e. The van der Waals surface area contributed by atoms with Gasteiger partial charge in [0.05, 0.1) is 0 Å². The molecule has 0 radical (unpaired) electrons. The van der Waals surface area contributed by atoms with Crippen molar-refractivity contribution in [2.75, 3.05) is 5.75 Å². The third kappa shape index (κ3) is 1.79. The van der Waals surface area contributed by atoms with Gasteiger partial charge in [0.15, 0.2) is 0 Å². The highest BCUT2D eigenvalue weighted by molar-refractivity contribution is 7.99. The van der Waals surface area contributed by atoms with Gasteiger partial charge in [-0.25, -0.2) is 0 Å². The van der Waals surface area contributed by atoms with Crippen LogP contribution in [0.4, 0.5) is 0 Å². The van der Waals surface area contributed by atoms with Crippen molar-refractivity contribution >= 4 is 11.8 Å². The lowest BCUT2D eigenvalue weighted by Gasteiger charge is -2.41. The smallest absolute Gasteiger partial charge is 0.00810 e. The summed E-state index contributed by atoms with van der Waals surface area (Å²) in [4.78, 5) is 0. The van der Waals surface area contributed by atoms with Gasteiger partial charge in [0.25, 0.3) is 0 Å². The van der Waals surface area contributed by atoms with Crippen LogP contribution in [-0.4, -0.2) is 11.0 Å². The standard InChI is InChI=1S/C18H28S/c1-3-5-6-19-16-10-13-9-15(16)18-14-8-12(17(13)18)7-11(14)4-2/h4,11-18H,2-3,5-10H2,1H3/t11-,12?,13-,14?,15+,16-,17?,18?/m0/s1. The molecule has 4 unspecified atom stereocenters. The highest BCUT2D eigenvalue weighted by Crippen LogP contribution is 2.70. The predicted octanol–water partition coefficient (Wildman–Crippen LogP) is 5.00. The van der Waals surface area contributed by atoms with Crippen LogP contribution in [-0.2, 0) is 0 Å². The van der Waals surface area contributed by atoms with Crippen molar-refractivity contribution in [3.8, 4) is 0 Å². The first-order chi connectivity index (χ1) is 9.33. The lowest BCUT2D eigenvalue weighted by atomic mass is 9.67. The summed E-state index contributed by atoms with van der Waals surface area (Å²) in [7, 11) is 0. The molecule has 0 spiro atoms. The molecule has 4 aliphatic carbocycles. The fraction of sp³-hybridized carbons (Fsp3) is 0.889. The molecule has 0 saturated heterocycles. The lowest BCUT2D eigenvalue weighted by Crippen LogP contribution is -2.36. The average Bonchev–Trinajstić information content (AvgIpc) is 3.15. The average molecular weight is 276 g/mol. The van der Waals surface area contributed by atoms with E-state index >= 15 is 0 Å². The number of hydrogen-bond acceptors (Lipinski definition) is 1. The van der Waals surface area contributed by atoms with E-state index in [0.29, 0.717) is 0 Å². The fourth-order valence-corrected chi connectivity index (χ4v) is 8.12.